The van der Waals surface area contributed by atoms with Crippen LogP contribution in [0.5, 0.6) is 0 Å². The molecule has 0 saturated carbocycles. The van der Waals surface area contributed by atoms with Crippen LogP contribution in [0.3, 0.4) is 0 Å². The second kappa shape index (κ2) is 6.37. The highest BCUT2D eigenvalue weighted by molar-refractivity contribution is 9.10. The summed E-state index contributed by atoms with van der Waals surface area (Å²) in [6.45, 7) is 6.51. The molecule has 0 aliphatic heterocycles. The summed E-state index contributed by atoms with van der Waals surface area (Å²) in [5.74, 6) is 0. The van der Waals surface area contributed by atoms with Crippen molar-refractivity contribution in [3.63, 3.8) is 0 Å². The smallest absolute Gasteiger partial charge is 0.102 e. The van der Waals surface area contributed by atoms with Gasteiger partial charge in [-0.25, -0.2) is 0 Å². The number of hydrogen-bond donors (Lipinski definition) is 0. The lowest BCUT2D eigenvalue weighted by molar-refractivity contribution is 0.406. The van der Waals surface area contributed by atoms with Crippen molar-refractivity contribution in [1.82, 2.24) is 4.98 Å². The van der Waals surface area contributed by atoms with Gasteiger partial charge in [-0.1, -0.05) is 67.0 Å². The first kappa shape index (κ1) is 16.7. The molecular weight excluding hydrogens is 360 g/mol. The second-order valence-electron chi connectivity index (χ2n) is 7.19. The summed E-state index contributed by atoms with van der Waals surface area (Å²) in [4.78, 5) is 4.82. The number of halogens is 1. The fraction of sp³-hybridized carbons (Fsp3) is 0.238. The molecule has 2 aromatic carbocycles. The van der Waals surface area contributed by atoms with E-state index < -0.39 is 0 Å². The zero-order valence-corrected chi connectivity index (χ0v) is 15.7. The van der Waals surface area contributed by atoms with E-state index in [-0.39, 0.29) is 5.41 Å². The molecule has 0 fully saturated rings. The highest BCUT2D eigenvalue weighted by atomic mass is 79.9. The minimum absolute atomic E-state index is 0.0651. The van der Waals surface area contributed by atoms with E-state index in [0.29, 0.717) is 5.56 Å². The summed E-state index contributed by atoms with van der Waals surface area (Å²) in [6.07, 6.45) is 0.766. The van der Waals surface area contributed by atoms with Crippen LogP contribution in [0.2, 0.25) is 0 Å². The van der Waals surface area contributed by atoms with Gasteiger partial charge in [0.1, 0.15) is 6.07 Å². The molecule has 24 heavy (non-hydrogen) atoms. The number of nitrogens with zero attached hydrogens (tertiary/aromatic N) is 2. The summed E-state index contributed by atoms with van der Waals surface area (Å²) in [5, 5.41) is 10.9. The molecule has 1 heterocycles. The SMILES string of the molecule is CC(C)(C)Cc1nc2ccc(Br)cc2c(-c2ccccc2)c1C#N. The van der Waals surface area contributed by atoms with Crippen LogP contribution in [0, 0.1) is 16.7 Å². The van der Waals surface area contributed by atoms with Gasteiger partial charge < -0.3 is 0 Å². The van der Waals surface area contributed by atoms with Gasteiger partial charge in [-0.15, -0.1) is 0 Å². The van der Waals surface area contributed by atoms with Crippen LogP contribution in [0.25, 0.3) is 22.0 Å². The average Bonchev–Trinajstić information content (AvgIpc) is 2.53. The Balaban J connectivity index is 2.40. The standard InChI is InChI=1S/C21H19BrN2/c1-21(2,3)12-19-17(13-23)20(14-7-5-4-6-8-14)16-11-15(22)9-10-18(16)24-19/h4-11H,12H2,1-3H3. The molecule has 0 spiro atoms. The van der Waals surface area contributed by atoms with Crippen LogP contribution in [-0.4, -0.2) is 4.98 Å². The fourth-order valence-corrected chi connectivity index (χ4v) is 3.30. The molecule has 0 bridgehead atoms. The largest absolute Gasteiger partial charge is 0.251 e. The lowest BCUT2D eigenvalue weighted by Crippen LogP contribution is -2.13. The monoisotopic (exact) mass is 378 g/mol. The molecule has 120 valence electrons. The summed E-state index contributed by atoms with van der Waals surface area (Å²) < 4.78 is 0.987. The Bertz CT molecular complexity index is 932. The Labute approximate surface area is 151 Å². The highest BCUT2D eigenvalue weighted by Crippen LogP contribution is 2.36. The minimum Gasteiger partial charge on any atom is -0.251 e. The molecule has 2 nitrogen and oxygen atoms in total. The third-order valence-electron chi connectivity index (χ3n) is 3.89. The van der Waals surface area contributed by atoms with Gasteiger partial charge in [0.2, 0.25) is 0 Å². The van der Waals surface area contributed by atoms with E-state index in [4.69, 9.17) is 4.98 Å². The van der Waals surface area contributed by atoms with Gasteiger partial charge in [-0.2, -0.15) is 5.26 Å². The lowest BCUT2D eigenvalue weighted by Gasteiger charge is -2.20. The minimum atomic E-state index is 0.0651. The van der Waals surface area contributed by atoms with Crippen LogP contribution >= 0.6 is 15.9 Å². The fourth-order valence-electron chi connectivity index (χ4n) is 2.94. The third-order valence-corrected chi connectivity index (χ3v) is 4.39. The average molecular weight is 379 g/mol. The van der Waals surface area contributed by atoms with Gasteiger partial charge in [0.25, 0.3) is 0 Å². The number of benzene rings is 2. The summed E-state index contributed by atoms with van der Waals surface area (Å²) in [6, 6.07) is 18.6. The lowest BCUT2D eigenvalue weighted by atomic mass is 9.86. The Morgan fingerprint density at radius 2 is 1.79 bits per heavy atom. The molecule has 0 amide bonds. The number of rotatable bonds is 2. The first-order valence-electron chi connectivity index (χ1n) is 7.97. The number of hydrogen-bond acceptors (Lipinski definition) is 2. The van der Waals surface area contributed by atoms with Gasteiger partial charge in [0.15, 0.2) is 0 Å². The Morgan fingerprint density at radius 1 is 1.08 bits per heavy atom. The molecule has 3 heteroatoms. The molecule has 0 N–H and O–H groups in total. The summed E-state index contributed by atoms with van der Waals surface area (Å²) >= 11 is 3.54. The zero-order valence-electron chi connectivity index (χ0n) is 14.1. The van der Waals surface area contributed by atoms with Crippen molar-refractivity contribution >= 4 is 26.8 Å². The van der Waals surface area contributed by atoms with Crippen LogP contribution < -0.4 is 0 Å². The molecule has 3 rings (SSSR count). The maximum atomic E-state index is 9.88. The van der Waals surface area contributed by atoms with E-state index in [1.807, 2.05) is 36.4 Å². The van der Waals surface area contributed by atoms with Crippen LogP contribution in [0.4, 0.5) is 0 Å². The highest BCUT2D eigenvalue weighted by Gasteiger charge is 2.21. The topological polar surface area (TPSA) is 36.7 Å². The first-order chi connectivity index (χ1) is 11.4. The zero-order chi connectivity index (χ0) is 17.3. The predicted molar refractivity (Wildman–Crippen MR) is 103 cm³/mol. The van der Waals surface area contributed by atoms with Crippen LogP contribution in [0.15, 0.2) is 53.0 Å². The molecule has 0 saturated heterocycles. The maximum Gasteiger partial charge on any atom is 0.102 e. The molecule has 3 aromatic rings. The van der Waals surface area contributed by atoms with Gasteiger partial charge >= 0.3 is 0 Å². The Hall–Kier alpha value is -2.18. The van der Waals surface area contributed by atoms with Gasteiger partial charge in [0.05, 0.1) is 16.8 Å². The van der Waals surface area contributed by atoms with Gasteiger partial charge in [0, 0.05) is 15.4 Å². The first-order valence-corrected chi connectivity index (χ1v) is 8.76. The van der Waals surface area contributed by atoms with Gasteiger partial charge in [-0.05, 0) is 35.6 Å². The van der Waals surface area contributed by atoms with Crippen LogP contribution in [-0.2, 0) is 6.42 Å². The number of fused-ring (bicyclic) bond motifs is 1. The van der Waals surface area contributed by atoms with E-state index in [9.17, 15) is 5.26 Å². The van der Waals surface area contributed by atoms with Crippen molar-refractivity contribution in [2.24, 2.45) is 5.41 Å². The number of aromatic nitrogens is 1. The van der Waals surface area contributed by atoms with Crippen molar-refractivity contribution in [2.45, 2.75) is 27.2 Å². The van der Waals surface area contributed by atoms with Crippen molar-refractivity contribution in [3.8, 4) is 17.2 Å². The van der Waals surface area contributed by atoms with E-state index in [0.717, 1.165) is 38.6 Å². The quantitative estimate of drug-likeness (QED) is 0.537. The van der Waals surface area contributed by atoms with Crippen molar-refractivity contribution in [1.29, 1.82) is 5.26 Å². The van der Waals surface area contributed by atoms with E-state index >= 15 is 0 Å². The Morgan fingerprint density at radius 3 is 2.42 bits per heavy atom. The van der Waals surface area contributed by atoms with Gasteiger partial charge in [-0.3, -0.25) is 4.98 Å². The maximum absolute atomic E-state index is 9.88. The van der Waals surface area contributed by atoms with Crippen molar-refractivity contribution in [2.75, 3.05) is 0 Å². The molecular formula is C21H19BrN2. The summed E-state index contributed by atoms with van der Waals surface area (Å²) in [5.41, 5.74) is 4.57. The second-order valence-corrected chi connectivity index (χ2v) is 8.10. The Kier molecular flexibility index (Phi) is 4.43. The molecule has 0 aliphatic carbocycles. The molecule has 0 aliphatic rings. The summed E-state index contributed by atoms with van der Waals surface area (Å²) in [7, 11) is 0. The van der Waals surface area contributed by atoms with Crippen molar-refractivity contribution < 1.29 is 0 Å². The van der Waals surface area contributed by atoms with E-state index in [1.165, 1.54) is 0 Å². The van der Waals surface area contributed by atoms with E-state index in [1.54, 1.807) is 0 Å². The predicted octanol–water partition coefficient (Wildman–Crippen LogP) is 6.12. The third kappa shape index (κ3) is 3.34. The molecule has 0 radical (unpaired) electrons. The van der Waals surface area contributed by atoms with Crippen molar-refractivity contribution in [3.05, 3.63) is 64.3 Å². The van der Waals surface area contributed by atoms with Crippen LogP contribution in [0.1, 0.15) is 32.0 Å². The number of nitriles is 1. The normalized spacial score (nSPS) is 11.5. The molecule has 0 atom stereocenters. The molecule has 0 unspecified atom stereocenters. The van der Waals surface area contributed by atoms with E-state index in [2.05, 4.69) is 54.9 Å². The number of pyridine rings is 1. The molecule has 1 aromatic heterocycles.